The van der Waals surface area contributed by atoms with E-state index < -0.39 is 5.41 Å². The van der Waals surface area contributed by atoms with Crippen LogP contribution in [0.25, 0.3) is 0 Å². The molecule has 0 bridgehead atoms. The standard InChI is InChI=1S/C25H30N2O2/c1-17-7-6-8-21(15-17)25(13-4-3-5-14-25)24(29)26-18(2)19-9-11-22-20(16-19)10-12-23(28)27-22/h6-9,11,15-16,18H,3-5,10,12-14H2,1-2H3,(H,26,29)(H,27,28). The first kappa shape index (κ1) is 19.7. The van der Waals surface area contributed by atoms with Crippen LogP contribution in [0.4, 0.5) is 5.69 Å². The Labute approximate surface area is 173 Å². The number of aryl methyl sites for hydroxylation is 2. The second-order valence-electron chi connectivity index (χ2n) is 8.67. The highest BCUT2D eigenvalue weighted by atomic mass is 16.2. The first-order valence-electron chi connectivity index (χ1n) is 10.8. The second-order valence-corrected chi connectivity index (χ2v) is 8.67. The van der Waals surface area contributed by atoms with E-state index in [4.69, 9.17) is 0 Å². The molecule has 2 N–H and O–H groups in total. The molecule has 1 aliphatic heterocycles. The van der Waals surface area contributed by atoms with Crippen LogP contribution in [-0.2, 0) is 21.4 Å². The van der Waals surface area contributed by atoms with Crippen molar-refractivity contribution in [3.63, 3.8) is 0 Å². The highest BCUT2D eigenvalue weighted by Gasteiger charge is 2.41. The number of carbonyl (C=O) groups excluding carboxylic acids is 2. The monoisotopic (exact) mass is 390 g/mol. The average molecular weight is 391 g/mol. The van der Waals surface area contributed by atoms with Crippen molar-refractivity contribution < 1.29 is 9.59 Å². The molecule has 0 aromatic heterocycles. The van der Waals surface area contributed by atoms with E-state index in [2.05, 4.69) is 47.9 Å². The minimum absolute atomic E-state index is 0.0731. The zero-order valence-electron chi connectivity index (χ0n) is 17.4. The van der Waals surface area contributed by atoms with E-state index in [0.717, 1.165) is 54.5 Å². The summed E-state index contributed by atoms with van der Waals surface area (Å²) in [5, 5.41) is 6.24. The molecule has 0 saturated heterocycles. The fourth-order valence-corrected chi connectivity index (χ4v) is 4.84. The first-order valence-corrected chi connectivity index (χ1v) is 10.8. The van der Waals surface area contributed by atoms with Gasteiger partial charge in [-0.3, -0.25) is 9.59 Å². The third-order valence-electron chi connectivity index (χ3n) is 6.58. The first-order chi connectivity index (χ1) is 14.0. The molecule has 1 atom stereocenters. The summed E-state index contributed by atoms with van der Waals surface area (Å²) in [5.41, 5.74) is 5.05. The summed E-state index contributed by atoms with van der Waals surface area (Å²) in [6.07, 6.45) is 6.47. The van der Waals surface area contributed by atoms with Crippen molar-refractivity contribution in [1.29, 1.82) is 0 Å². The van der Waals surface area contributed by atoms with E-state index in [0.29, 0.717) is 6.42 Å². The van der Waals surface area contributed by atoms with Gasteiger partial charge in [-0.25, -0.2) is 0 Å². The summed E-state index contributed by atoms with van der Waals surface area (Å²) in [4.78, 5) is 25.2. The molecule has 29 heavy (non-hydrogen) atoms. The number of hydrogen-bond acceptors (Lipinski definition) is 2. The number of hydrogen-bond donors (Lipinski definition) is 2. The number of nitrogens with one attached hydrogen (secondary N) is 2. The van der Waals surface area contributed by atoms with Crippen molar-refractivity contribution >= 4 is 17.5 Å². The fraction of sp³-hybridized carbons (Fsp3) is 0.440. The maximum Gasteiger partial charge on any atom is 0.231 e. The van der Waals surface area contributed by atoms with Gasteiger partial charge in [-0.05, 0) is 55.9 Å². The molecule has 0 radical (unpaired) electrons. The van der Waals surface area contributed by atoms with Crippen molar-refractivity contribution in [2.45, 2.75) is 70.3 Å². The van der Waals surface area contributed by atoms with Crippen molar-refractivity contribution in [3.8, 4) is 0 Å². The Morgan fingerprint density at radius 1 is 1.07 bits per heavy atom. The highest BCUT2D eigenvalue weighted by Crippen LogP contribution is 2.40. The Hall–Kier alpha value is -2.62. The van der Waals surface area contributed by atoms with Crippen LogP contribution in [0.5, 0.6) is 0 Å². The van der Waals surface area contributed by atoms with Crippen LogP contribution in [0.3, 0.4) is 0 Å². The molecule has 1 fully saturated rings. The summed E-state index contributed by atoms with van der Waals surface area (Å²) in [6, 6.07) is 14.5. The molecule has 2 aromatic rings. The van der Waals surface area contributed by atoms with Crippen LogP contribution in [0.15, 0.2) is 42.5 Å². The lowest BCUT2D eigenvalue weighted by atomic mass is 9.68. The number of carbonyl (C=O) groups is 2. The maximum absolute atomic E-state index is 13.6. The number of fused-ring (bicyclic) bond motifs is 1. The lowest BCUT2D eigenvalue weighted by Gasteiger charge is -2.37. The van der Waals surface area contributed by atoms with Crippen molar-refractivity contribution in [1.82, 2.24) is 5.32 Å². The van der Waals surface area contributed by atoms with Crippen LogP contribution >= 0.6 is 0 Å². The number of benzene rings is 2. The van der Waals surface area contributed by atoms with Gasteiger partial charge in [0.2, 0.25) is 11.8 Å². The van der Waals surface area contributed by atoms with Gasteiger partial charge in [0.1, 0.15) is 0 Å². The quantitative estimate of drug-likeness (QED) is 0.775. The molecule has 1 unspecified atom stereocenters. The predicted molar refractivity (Wildman–Crippen MR) is 116 cm³/mol. The molecule has 2 amide bonds. The second kappa shape index (κ2) is 8.02. The van der Waals surface area contributed by atoms with Crippen LogP contribution in [0.1, 0.15) is 73.7 Å². The Morgan fingerprint density at radius 3 is 2.62 bits per heavy atom. The van der Waals surface area contributed by atoms with Gasteiger partial charge in [0.15, 0.2) is 0 Å². The lowest BCUT2D eigenvalue weighted by molar-refractivity contribution is -0.128. The molecule has 4 rings (SSSR count). The summed E-state index contributed by atoms with van der Waals surface area (Å²) in [5.74, 6) is 0.213. The molecular weight excluding hydrogens is 360 g/mol. The average Bonchev–Trinajstić information content (AvgIpc) is 2.73. The van der Waals surface area contributed by atoms with Crippen LogP contribution in [-0.4, -0.2) is 11.8 Å². The molecule has 1 heterocycles. The smallest absolute Gasteiger partial charge is 0.231 e. The molecule has 2 aliphatic rings. The van der Waals surface area contributed by atoms with E-state index >= 15 is 0 Å². The zero-order valence-corrected chi connectivity index (χ0v) is 17.4. The molecule has 4 nitrogen and oxygen atoms in total. The molecule has 1 aliphatic carbocycles. The summed E-state index contributed by atoms with van der Waals surface area (Å²) in [6.45, 7) is 4.14. The van der Waals surface area contributed by atoms with Gasteiger partial charge in [0.05, 0.1) is 11.5 Å². The summed E-state index contributed by atoms with van der Waals surface area (Å²) in [7, 11) is 0. The van der Waals surface area contributed by atoms with E-state index in [1.165, 1.54) is 12.0 Å². The molecule has 2 aromatic carbocycles. The van der Waals surface area contributed by atoms with E-state index in [-0.39, 0.29) is 17.9 Å². The predicted octanol–water partition coefficient (Wildman–Crippen LogP) is 4.96. The number of rotatable bonds is 4. The van der Waals surface area contributed by atoms with Crippen molar-refractivity contribution in [3.05, 3.63) is 64.7 Å². The third-order valence-corrected chi connectivity index (χ3v) is 6.58. The van der Waals surface area contributed by atoms with E-state index in [9.17, 15) is 9.59 Å². The van der Waals surface area contributed by atoms with Gasteiger partial charge < -0.3 is 10.6 Å². The Morgan fingerprint density at radius 2 is 1.86 bits per heavy atom. The van der Waals surface area contributed by atoms with Gasteiger partial charge in [0, 0.05) is 12.1 Å². The van der Waals surface area contributed by atoms with Crippen LogP contribution in [0, 0.1) is 6.92 Å². The Balaban J connectivity index is 1.57. The highest BCUT2D eigenvalue weighted by molar-refractivity contribution is 5.94. The van der Waals surface area contributed by atoms with E-state index in [1.54, 1.807) is 0 Å². The maximum atomic E-state index is 13.6. The molecule has 1 saturated carbocycles. The van der Waals surface area contributed by atoms with E-state index in [1.807, 2.05) is 19.1 Å². The number of anilines is 1. The normalized spacial score (nSPS) is 19.0. The molecule has 4 heteroatoms. The van der Waals surface area contributed by atoms with Gasteiger partial charge in [-0.2, -0.15) is 0 Å². The minimum Gasteiger partial charge on any atom is -0.349 e. The van der Waals surface area contributed by atoms with Gasteiger partial charge in [-0.15, -0.1) is 0 Å². The van der Waals surface area contributed by atoms with Crippen LogP contribution < -0.4 is 10.6 Å². The zero-order chi connectivity index (χ0) is 20.4. The summed E-state index contributed by atoms with van der Waals surface area (Å²) < 4.78 is 0. The van der Waals surface area contributed by atoms with Crippen molar-refractivity contribution in [2.24, 2.45) is 0 Å². The summed E-state index contributed by atoms with van der Waals surface area (Å²) >= 11 is 0. The van der Waals surface area contributed by atoms with Gasteiger partial charge in [-0.1, -0.05) is 61.2 Å². The molecule has 0 spiro atoms. The topological polar surface area (TPSA) is 58.2 Å². The Kier molecular flexibility index (Phi) is 5.44. The number of amides is 2. The van der Waals surface area contributed by atoms with Crippen molar-refractivity contribution in [2.75, 3.05) is 5.32 Å². The fourth-order valence-electron chi connectivity index (χ4n) is 4.84. The SMILES string of the molecule is Cc1cccc(C2(C(=O)NC(C)c3ccc4c(c3)CCC(=O)N4)CCCCC2)c1. The molecular formula is C25H30N2O2. The molecule has 152 valence electrons. The largest absolute Gasteiger partial charge is 0.349 e. The minimum atomic E-state index is -0.430. The Bertz CT molecular complexity index is 928. The van der Waals surface area contributed by atoms with Gasteiger partial charge >= 0.3 is 0 Å². The van der Waals surface area contributed by atoms with Crippen LogP contribution in [0.2, 0.25) is 0 Å². The van der Waals surface area contributed by atoms with Gasteiger partial charge in [0.25, 0.3) is 0 Å². The third kappa shape index (κ3) is 3.93. The lowest BCUT2D eigenvalue weighted by Crippen LogP contribution is -2.46.